The predicted molar refractivity (Wildman–Crippen MR) is 68.4 cm³/mol. The predicted octanol–water partition coefficient (Wildman–Crippen LogP) is -0.149. The molecule has 0 saturated carbocycles. The van der Waals surface area contributed by atoms with Gasteiger partial charge in [-0.3, -0.25) is 14.5 Å². The van der Waals surface area contributed by atoms with Crippen LogP contribution < -0.4 is 0 Å². The third kappa shape index (κ3) is 2.20. The Hall–Kier alpha value is -1.83. The van der Waals surface area contributed by atoms with Crippen molar-refractivity contribution in [1.82, 2.24) is 4.90 Å². The molecule has 2 heterocycles. The summed E-state index contributed by atoms with van der Waals surface area (Å²) >= 11 is 1.11. The summed E-state index contributed by atoms with van der Waals surface area (Å²) in [6.07, 6.45) is 0. The van der Waals surface area contributed by atoms with Gasteiger partial charge in [-0.1, -0.05) is 0 Å². The van der Waals surface area contributed by atoms with Gasteiger partial charge in [-0.25, -0.2) is 9.59 Å². The van der Waals surface area contributed by atoms with Crippen LogP contribution >= 0.6 is 11.8 Å². The van der Waals surface area contributed by atoms with Gasteiger partial charge in [-0.05, 0) is 13.8 Å². The summed E-state index contributed by atoms with van der Waals surface area (Å²) in [7, 11) is 0. The number of carbonyl (C=O) groups excluding carboxylic acids is 4. The van der Waals surface area contributed by atoms with Crippen molar-refractivity contribution in [2.24, 2.45) is 0 Å². The molecular formula is C12H13NO6S. The van der Waals surface area contributed by atoms with Crippen molar-refractivity contribution in [1.29, 1.82) is 0 Å². The Morgan fingerprint density at radius 2 is 1.90 bits per heavy atom. The Morgan fingerprint density at radius 3 is 2.50 bits per heavy atom. The molecule has 0 aromatic carbocycles. The van der Waals surface area contributed by atoms with E-state index in [1.807, 2.05) is 0 Å². The van der Waals surface area contributed by atoms with E-state index < -0.39 is 29.7 Å². The number of nitrogens with zero attached hydrogens (tertiary/aromatic N) is 1. The zero-order valence-corrected chi connectivity index (χ0v) is 11.8. The fourth-order valence-corrected chi connectivity index (χ4v) is 3.25. The molecule has 8 heteroatoms. The number of hydrogen-bond donors (Lipinski definition) is 0. The summed E-state index contributed by atoms with van der Waals surface area (Å²) in [5.41, 5.74) is -0.284. The van der Waals surface area contributed by atoms with Crippen LogP contribution in [0.1, 0.15) is 13.8 Å². The molecule has 1 atom stereocenters. The molecule has 108 valence electrons. The first-order valence-corrected chi connectivity index (χ1v) is 7.10. The second-order valence-corrected chi connectivity index (χ2v) is 4.99. The highest BCUT2D eigenvalue weighted by Gasteiger charge is 2.51. The average molecular weight is 299 g/mol. The molecule has 0 radical (unpaired) electrons. The fraction of sp³-hybridized carbons (Fsp3) is 0.500. The van der Waals surface area contributed by atoms with Crippen LogP contribution in [0.15, 0.2) is 10.6 Å². The average Bonchev–Trinajstić information content (AvgIpc) is 2.91. The van der Waals surface area contributed by atoms with Crippen molar-refractivity contribution in [3.63, 3.8) is 0 Å². The Labute approximate surface area is 119 Å². The van der Waals surface area contributed by atoms with E-state index in [-0.39, 0.29) is 29.6 Å². The third-order valence-electron chi connectivity index (χ3n) is 2.80. The zero-order valence-electron chi connectivity index (χ0n) is 11.0. The van der Waals surface area contributed by atoms with Gasteiger partial charge in [0.15, 0.2) is 0 Å². The van der Waals surface area contributed by atoms with Crippen LogP contribution in [0.2, 0.25) is 0 Å². The molecule has 0 spiro atoms. The summed E-state index contributed by atoms with van der Waals surface area (Å²) < 4.78 is 9.63. The molecule has 7 nitrogen and oxygen atoms in total. The van der Waals surface area contributed by atoms with Crippen LogP contribution in [0.4, 0.5) is 0 Å². The summed E-state index contributed by atoms with van der Waals surface area (Å²) in [6.45, 7) is 3.53. The first kappa shape index (κ1) is 14.6. The molecule has 0 bridgehead atoms. The zero-order chi connectivity index (χ0) is 14.9. The molecule has 1 amide bonds. The quantitative estimate of drug-likeness (QED) is 0.405. The van der Waals surface area contributed by atoms with Crippen LogP contribution in [-0.2, 0) is 28.7 Å². The number of fused-ring (bicyclic) bond motifs is 1. The second kappa shape index (κ2) is 5.66. The van der Waals surface area contributed by atoms with Gasteiger partial charge in [0.05, 0.1) is 18.2 Å². The summed E-state index contributed by atoms with van der Waals surface area (Å²) in [5.74, 6) is -2.97. The molecular weight excluding hydrogens is 286 g/mol. The van der Waals surface area contributed by atoms with Gasteiger partial charge < -0.3 is 9.47 Å². The highest BCUT2D eigenvalue weighted by atomic mass is 32.2. The number of carbonyl (C=O) groups is 4. The summed E-state index contributed by atoms with van der Waals surface area (Å²) in [4.78, 5) is 48.3. The maximum Gasteiger partial charge on any atom is 0.345 e. The van der Waals surface area contributed by atoms with Crippen molar-refractivity contribution in [3.05, 3.63) is 10.6 Å². The van der Waals surface area contributed by atoms with Gasteiger partial charge in [0.1, 0.15) is 11.6 Å². The topological polar surface area (TPSA) is 90.0 Å². The first-order valence-electron chi connectivity index (χ1n) is 6.11. The number of Topliss-reactive ketones (excluding diaryl/α,β-unsaturated/α-hetero) is 1. The lowest BCUT2D eigenvalue weighted by molar-refractivity contribution is -0.152. The standard InChI is InChI=1S/C12H13NO6S/c1-3-18-11(16)6-5-20-10-7(12(17)19-4-2)8(14)9(15)13(6)10/h6H,3-5H2,1-2H3. The highest BCUT2D eigenvalue weighted by Crippen LogP contribution is 2.40. The number of esters is 2. The van der Waals surface area contributed by atoms with Crippen LogP contribution in [0, 0.1) is 0 Å². The number of rotatable bonds is 4. The van der Waals surface area contributed by atoms with E-state index in [4.69, 9.17) is 9.47 Å². The van der Waals surface area contributed by atoms with Crippen molar-refractivity contribution in [3.8, 4) is 0 Å². The Balaban J connectivity index is 2.32. The van der Waals surface area contributed by atoms with Crippen molar-refractivity contribution in [2.45, 2.75) is 19.9 Å². The number of hydrogen-bond acceptors (Lipinski definition) is 7. The Morgan fingerprint density at radius 1 is 1.25 bits per heavy atom. The molecule has 1 unspecified atom stereocenters. The monoisotopic (exact) mass is 299 g/mol. The van der Waals surface area contributed by atoms with Crippen molar-refractivity contribution < 1.29 is 28.7 Å². The van der Waals surface area contributed by atoms with E-state index >= 15 is 0 Å². The van der Waals surface area contributed by atoms with E-state index in [2.05, 4.69) is 0 Å². The third-order valence-corrected chi connectivity index (χ3v) is 3.96. The minimum Gasteiger partial charge on any atom is -0.464 e. The summed E-state index contributed by atoms with van der Waals surface area (Å²) in [6, 6.07) is -0.863. The molecule has 1 fully saturated rings. The fourth-order valence-electron chi connectivity index (χ4n) is 1.98. The van der Waals surface area contributed by atoms with Crippen molar-refractivity contribution in [2.75, 3.05) is 19.0 Å². The minimum atomic E-state index is -0.931. The van der Waals surface area contributed by atoms with Crippen LogP contribution in [-0.4, -0.2) is 53.5 Å². The molecule has 0 aromatic rings. The maximum absolute atomic E-state index is 11.9. The maximum atomic E-state index is 11.9. The minimum absolute atomic E-state index is 0.100. The van der Waals surface area contributed by atoms with E-state index in [9.17, 15) is 19.2 Å². The second-order valence-electron chi connectivity index (χ2n) is 3.98. The molecule has 0 aliphatic carbocycles. The lowest BCUT2D eigenvalue weighted by Crippen LogP contribution is -2.41. The first-order chi connectivity index (χ1) is 9.52. The number of thioether (sulfide) groups is 1. The molecule has 20 heavy (non-hydrogen) atoms. The number of ketones is 1. The molecule has 2 rings (SSSR count). The van der Waals surface area contributed by atoms with Gasteiger partial charge in [-0.15, -0.1) is 11.8 Å². The Bertz CT molecular complexity index is 526. The van der Waals surface area contributed by atoms with Crippen molar-refractivity contribution >= 4 is 35.4 Å². The van der Waals surface area contributed by atoms with Gasteiger partial charge in [0.25, 0.3) is 5.78 Å². The lowest BCUT2D eigenvalue weighted by atomic mass is 10.2. The SMILES string of the molecule is CCOC(=O)C1=C2SCC(C(=O)OCC)N2C(=O)C1=O. The largest absolute Gasteiger partial charge is 0.464 e. The number of amides is 1. The molecule has 2 aliphatic rings. The lowest BCUT2D eigenvalue weighted by Gasteiger charge is -2.17. The highest BCUT2D eigenvalue weighted by molar-refractivity contribution is 8.03. The van der Waals surface area contributed by atoms with Gasteiger partial charge >= 0.3 is 17.8 Å². The van der Waals surface area contributed by atoms with Crippen LogP contribution in [0.25, 0.3) is 0 Å². The Kier molecular flexibility index (Phi) is 4.12. The van der Waals surface area contributed by atoms with Gasteiger partial charge in [0.2, 0.25) is 0 Å². The molecule has 0 N–H and O–H groups in total. The van der Waals surface area contributed by atoms with Crippen LogP contribution in [0.3, 0.4) is 0 Å². The smallest absolute Gasteiger partial charge is 0.345 e. The van der Waals surface area contributed by atoms with Crippen LogP contribution in [0.5, 0.6) is 0 Å². The molecule has 1 saturated heterocycles. The molecule has 0 aromatic heterocycles. The van der Waals surface area contributed by atoms with Gasteiger partial charge in [-0.2, -0.15) is 0 Å². The molecule has 2 aliphatic heterocycles. The summed E-state index contributed by atoms with van der Waals surface area (Å²) in [5, 5.41) is 0.191. The van der Waals surface area contributed by atoms with E-state index in [1.54, 1.807) is 13.8 Å². The van der Waals surface area contributed by atoms with E-state index in [0.29, 0.717) is 0 Å². The normalized spacial score (nSPS) is 21.3. The van der Waals surface area contributed by atoms with E-state index in [1.165, 1.54) is 0 Å². The number of ether oxygens (including phenoxy) is 2. The van der Waals surface area contributed by atoms with E-state index in [0.717, 1.165) is 16.7 Å². The van der Waals surface area contributed by atoms with Gasteiger partial charge in [0, 0.05) is 5.75 Å².